The minimum absolute atomic E-state index is 0.124. The summed E-state index contributed by atoms with van der Waals surface area (Å²) in [4.78, 5) is 2.53. The Morgan fingerprint density at radius 1 is 1.25 bits per heavy atom. The van der Waals surface area contributed by atoms with E-state index in [2.05, 4.69) is 44.7 Å². The lowest BCUT2D eigenvalue weighted by molar-refractivity contribution is 0.0632. The topological polar surface area (TPSA) is 3.24 Å². The third kappa shape index (κ3) is 6.06. The van der Waals surface area contributed by atoms with E-state index in [1.807, 2.05) is 0 Å². The maximum absolute atomic E-state index is 6.77. The highest BCUT2D eigenvalue weighted by Gasteiger charge is 2.45. The van der Waals surface area contributed by atoms with Crippen molar-refractivity contribution >= 4 is 11.6 Å². The number of fused-ring (bicyclic) bond motifs is 1. The molecular formula is C26H42ClN. The molecule has 28 heavy (non-hydrogen) atoms. The first-order valence-electron chi connectivity index (χ1n) is 11.6. The van der Waals surface area contributed by atoms with Crippen LogP contribution in [0.3, 0.4) is 0 Å². The fourth-order valence-corrected chi connectivity index (χ4v) is 5.97. The van der Waals surface area contributed by atoms with Crippen LogP contribution in [-0.2, 0) is 0 Å². The van der Waals surface area contributed by atoms with Gasteiger partial charge in [-0.1, -0.05) is 64.7 Å². The average molecular weight is 404 g/mol. The van der Waals surface area contributed by atoms with E-state index in [9.17, 15) is 0 Å². The van der Waals surface area contributed by atoms with E-state index in [1.54, 1.807) is 0 Å². The number of rotatable bonds is 10. The molecule has 2 rings (SSSR count). The highest BCUT2D eigenvalue weighted by Crippen LogP contribution is 2.47. The van der Waals surface area contributed by atoms with Gasteiger partial charge in [0.15, 0.2) is 0 Å². The summed E-state index contributed by atoms with van der Waals surface area (Å²) >= 11 is 6.77. The zero-order valence-electron chi connectivity index (χ0n) is 18.6. The van der Waals surface area contributed by atoms with E-state index in [4.69, 9.17) is 18.0 Å². The largest absolute Gasteiger partial charge is 0.375 e. The van der Waals surface area contributed by atoms with E-state index in [0.717, 1.165) is 37.4 Å². The van der Waals surface area contributed by atoms with Crippen LogP contribution in [0.1, 0.15) is 78.6 Å². The Kier molecular flexibility index (Phi) is 9.49. The second-order valence-corrected chi connectivity index (χ2v) is 10.1. The first-order valence-corrected chi connectivity index (χ1v) is 12.0. The minimum Gasteiger partial charge on any atom is -0.375 e. The van der Waals surface area contributed by atoms with Gasteiger partial charge in [-0.3, -0.25) is 0 Å². The zero-order chi connectivity index (χ0) is 20.7. The first-order chi connectivity index (χ1) is 13.4. The first kappa shape index (κ1) is 23.4. The van der Waals surface area contributed by atoms with Crippen molar-refractivity contribution in [3.05, 3.63) is 24.4 Å². The molecule has 1 saturated carbocycles. The molecule has 2 heteroatoms. The number of nitrogens with zero attached hydrogens (tertiary/aromatic N) is 1. The SMILES string of the molecule is C#CC1C2CCN(C(=C)CCCCCCC(C)CC)CC2CC(Cl)C1C(=C)C. The van der Waals surface area contributed by atoms with E-state index < -0.39 is 0 Å². The van der Waals surface area contributed by atoms with E-state index in [-0.39, 0.29) is 17.2 Å². The highest BCUT2D eigenvalue weighted by atomic mass is 35.5. The molecule has 0 radical (unpaired) electrons. The second-order valence-electron chi connectivity index (χ2n) is 9.51. The lowest BCUT2D eigenvalue weighted by Crippen LogP contribution is -2.49. The summed E-state index contributed by atoms with van der Waals surface area (Å²) in [6.45, 7) is 17.5. The highest BCUT2D eigenvalue weighted by molar-refractivity contribution is 6.21. The molecule has 0 aromatic carbocycles. The summed E-state index contributed by atoms with van der Waals surface area (Å²) < 4.78 is 0. The molecule has 1 heterocycles. The van der Waals surface area contributed by atoms with Gasteiger partial charge >= 0.3 is 0 Å². The van der Waals surface area contributed by atoms with Gasteiger partial charge in [0.05, 0.1) is 0 Å². The van der Waals surface area contributed by atoms with Crippen LogP contribution in [0.5, 0.6) is 0 Å². The maximum Gasteiger partial charge on any atom is 0.0416 e. The number of hydrogen-bond acceptors (Lipinski definition) is 1. The third-order valence-corrected chi connectivity index (χ3v) is 7.83. The Hall–Kier alpha value is -0.870. The molecule has 1 saturated heterocycles. The smallest absolute Gasteiger partial charge is 0.0416 e. The van der Waals surface area contributed by atoms with Crippen LogP contribution in [0.2, 0.25) is 0 Å². The van der Waals surface area contributed by atoms with Crippen LogP contribution < -0.4 is 0 Å². The second kappa shape index (κ2) is 11.3. The number of alkyl halides is 1. The fraction of sp³-hybridized carbons (Fsp3) is 0.769. The molecule has 1 aliphatic carbocycles. The van der Waals surface area contributed by atoms with E-state index in [0.29, 0.717) is 11.8 Å². The predicted molar refractivity (Wildman–Crippen MR) is 124 cm³/mol. The van der Waals surface area contributed by atoms with E-state index in [1.165, 1.54) is 50.6 Å². The Bertz CT molecular complexity index is 559. The van der Waals surface area contributed by atoms with Gasteiger partial charge in [0, 0.05) is 36.0 Å². The number of piperidine rings is 1. The molecule has 0 aromatic rings. The summed E-state index contributed by atoms with van der Waals surface area (Å²) in [6.07, 6.45) is 17.3. The van der Waals surface area contributed by atoms with Gasteiger partial charge in [-0.05, 0) is 50.4 Å². The molecule has 158 valence electrons. The number of unbranched alkanes of at least 4 members (excludes halogenated alkanes) is 3. The maximum atomic E-state index is 6.77. The Morgan fingerprint density at radius 3 is 2.61 bits per heavy atom. The third-order valence-electron chi connectivity index (χ3n) is 7.38. The lowest BCUT2D eigenvalue weighted by atomic mass is 9.62. The van der Waals surface area contributed by atoms with Gasteiger partial charge in [-0.15, -0.1) is 23.9 Å². The number of halogens is 1. The van der Waals surface area contributed by atoms with Gasteiger partial charge in [-0.25, -0.2) is 0 Å². The fourth-order valence-electron chi connectivity index (χ4n) is 5.37. The Balaban J connectivity index is 1.77. The van der Waals surface area contributed by atoms with Crippen molar-refractivity contribution in [3.8, 4) is 12.3 Å². The number of hydrogen-bond donors (Lipinski definition) is 0. The monoisotopic (exact) mass is 403 g/mol. The van der Waals surface area contributed by atoms with E-state index >= 15 is 0 Å². The molecule has 0 bridgehead atoms. The molecule has 0 spiro atoms. The molecule has 1 nitrogen and oxygen atoms in total. The van der Waals surface area contributed by atoms with Crippen LogP contribution in [-0.4, -0.2) is 23.4 Å². The van der Waals surface area contributed by atoms with Crippen molar-refractivity contribution in [2.45, 2.75) is 83.9 Å². The minimum atomic E-state index is 0.124. The van der Waals surface area contributed by atoms with Crippen molar-refractivity contribution in [1.82, 2.24) is 4.90 Å². The van der Waals surface area contributed by atoms with Crippen molar-refractivity contribution < 1.29 is 0 Å². The van der Waals surface area contributed by atoms with Crippen molar-refractivity contribution in [1.29, 1.82) is 0 Å². The average Bonchev–Trinajstić information content (AvgIpc) is 2.68. The molecule has 2 fully saturated rings. The Morgan fingerprint density at radius 2 is 1.96 bits per heavy atom. The normalized spacial score (nSPS) is 31.0. The molecule has 0 aromatic heterocycles. The quantitative estimate of drug-likeness (QED) is 0.160. The van der Waals surface area contributed by atoms with Gasteiger partial charge in [0.2, 0.25) is 0 Å². The number of likely N-dealkylation sites (tertiary alicyclic amines) is 1. The van der Waals surface area contributed by atoms with Crippen molar-refractivity contribution in [2.75, 3.05) is 13.1 Å². The molecule has 0 amide bonds. The van der Waals surface area contributed by atoms with Crippen LogP contribution in [0.25, 0.3) is 0 Å². The standard InChI is InChI=1S/C26H42ClN/c1-7-20(5)13-11-9-10-12-14-21(6)28-16-15-24-22(18-28)17-25(27)26(19(3)4)23(24)8-2/h2,20,22-26H,3,6-7,9-18H2,1,4-5H3. The van der Waals surface area contributed by atoms with Crippen LogP contribution in [0, 0.1) is 41.9 Å². The number of terminal acetylenes is 1. The van der Waals surface area contributed by atoms with Gasteiger partial charge in [0.25, 0.3) is 0 Å². The summed E-state index contributed by atoms with van der Waals surface area (Å²) in [5, 5.41) is 0.124. The van der Waals surface area contributed by atoms with Gasteiger partial charge in [0.1, 0.15) is 0 Å². The van der Waals surface area contributed by atoms with Crippen LogP contribution in [0.15, 0.2) is 24.4 Å². The van der Waals surface area contributed by atoms with Gasteiger partial charge < -0.3 is 4.90 Å². The Labute approximate surface area is 180 Å². The van der Waals surface area contributed by atoms with Crippen LogP contribution >= 0.6 is 11.6 Å². The molecule has 6 atom stereocenters. The summed E-state index contributed by atoms with van der Waals surface area (Å²) in [5.74, 6) is 5.68. The summed E-state index contributed by atoms with van der Waals surface area (Å²) in [5.41, 5.74) is 2.48. The van der Waals surface area contributed by atoms with Crippen LogP contribution in [0.4, 0.5) is 0 Å². The summed E-state index contributed by atoms with van der Waals surface area (Å²) in [6, 6.07) is 0. The predicted octanol–water partition coefficient (Wildman–Crippen LogP) is 7.28. The molecule has 1 aliphatic heterocycles. The van der Waals surface area contributed by atoms with Crippen molar-refractivity contribution in [2.24, 2.45) is 29.6 Å². The zero-order valence-corrected chi connectivity index (χ0v) is 19.3. The molecule has 0 N–H and O–H groups in total. The summed E-state index contributed by atoms with van der Waals surface area (Å²) in [7, 11) is 0. The number of allylic oxidation sites excluding steroid dienone is 2. The molecule has 2 aliphatic rings. The van der Waals surface area contributed by atoms with Crippen molar-refractivity contribution in [3.63, 3.8) is 0 Å². The lowest BCUT2D eigenvalue weighted by Gasteiger charge is -2.49. The molecular weight excluding hydrogens is 362 g/mol. The molecule has 6 unspecified atom stereocenters. The van der Waals surface area contributed by atoms with Gasteiger partial charge in [-0.2, -0.15) is 0 Å².